The summed E-state index contributed by atoms with van der Waals surface area (Å²) in [6.45, 7) is 3.44. The van der Waals surface area contributed by atoms with Crippen LogP contribution in [0.25, 0.3) is 0 Å². The van der Waals surface area contributed by atoms with E-state index in [4.69, 9.17) is 5.26 Å². The minimum atomic E-state index is -3.40. The molecule has 0 spiro atoms. The molecule has 6 heteroatoms. The first kappa shape index (κ1) is 16.9. The van der Waals surface area contributed by atoms with E-state index in [0.717, 1.165) is 19.4 Å². The Hall–Kier alpha value is -1.42. The van der Waals surface area contributed by atoms with Crippen LogP contribution in [0.1, 0.15) is 25.3 Å². The maximum atomic E-state index is 12.4. The van der Waals surface area contributed by atoms with Crippen LogP contribution < -0.4 is 0 Å². The highest BCUT2D eigenvalue weighted by Gasteiger charge is 2.26. The SMILES string of the molecule is C[C@H]1CC[C@H](CO)CN1CCS(=O)(=O)c1cccc(C#N)c1. The van der Waals surface area contributed by atoms with Crippen LogP contribution in [0.4, 0.5) is 0 Å². The van der Waals surface area contributed by atoms with Crippen LogP contribution in [-0.2, 0) is 9.84 Å². The number of likely N-dealkylation sites (tertiary alicyclic amines) is 1. The second kappa shape index (κ2) is 7.23. The molecule has 2 rings (SSSR count). The lowest BCUT2D eigenvalue weighted by Gasteiger charge is -2.37. The van der Waals surface area contributed by atoms with Crippen molar-refractivity contribution in [1.82, 2.24) is 4.90 Å². The molecule has 1 heterocycles. The van der Waals surface area contributed by atoms with E-state index in [9.17, 15) is 13.5 Å². The Morgan fingerprint density at radius 1 is 1.41 bits per heavy atom. The molecule has 0 aliphatic carbocycles. The molecule has 0 amide bonds. The number of aliphatic hydroxyl groups is 1. The number of hydrogen-bond acceptors (Lipinski definition) is 5. The minimum absolute atomic E-state index is 0.0321. The largest absolute Gasteiger partial charge is 0.396 e. The summed E-state index contributed by atoms with van der Waals surface area (Å²) in [6, 6.07) is 8.44. The van der Waals surface area contributed by atoms with E-state index in [0.29, 0.717) is 18.2 Å². The van der Waals surface area contributed by atoms with E-state index in [2.05, 4.69) is 11.8 Å². The maximum Gasteiger partial charge on any atom is 0.179 e. The van der Waals surface area contributed by atoms with Crippen LogP contribution >= 0.6 is 0 Å². The fourth-order valence-electron chi connectivity index (χ4n) is 2.84. The van der Waals surface area contributed by atoms with E-state index in [1.165, 1.54) is 12.1 Å². The molecule has 1 fully saturated rings. The highest BCUT2D eigenvalue weighted by molar-refractivity contribution is 7.91. The van der Waals surface area contributed by atoms with E-state index >= 15 is 0 Å². The lowest BCUT2D eigenvalue weighted by atomic mass is 9.94. The Morgan fingerprint density at radius 2 is 2.18 bits per heavy atom. The topological polar surface area (TPSA) is 81.4 Å². The zero-order valence-electron chi connectivity index (χ0n) is 12.8. The molecule has 0 bridgehead atoms. The van der Waals surface area contributed by atoms with Crippen molar-refractivity contribution in [3.8, 4) is 6.07 Å². The van der Waals surface area contributed by atoms with Crippen LogP contribution in [0.15, 0.2) is 29.2 Å². The molecular formula is C16H22N2O3S. The zero-order chi connectivity index (χ0) is 16.2. The van der Waals surface area contributed by atoms with Crippen LogP contribution in [-0.4, -0.2) is 49.9 Å². The van der Waals surface area contributed by atoms with Crippen molar-refractivity contribution in [2.45, 2.75) is 30.7 Å². The smallest absolute Gasteiger partial charge is 0.179 e. The highest BCUT2D eigenvalue weighted by Crippen LogP contribution is 2.22. The van der Waals surface area contributed by atoms with Crippen molar-refractivity contribution in [2.75, 3.05) is 25.4 Å². The predicted molar refractivity (Wildman–Crippen MR) is 84.1 cm³/mol. The molecule has 120 valence electrons. The van der Waals surface area contributed by atoms with Gasteiger partial charge in [-0.25, -0.2) is 8.42 Å². The van der Waals surface area contributed by atoms with Gasteiger partial charge in [0.15, 0.2) is 9.84 Å². The fraction of sp³-hybridized carbons (Fsp3) is 0.562. The molecule has 2 atom stereocenters. The molecule has 1 aromatic carbocycles. The molecule has 1 aliphatic rings. The molecule has 0 aromatic heterocycles. The Balaban J connectivity index is 2.04. The molecule has 0 radical (unpaired) electrons. The van der Waals surface area contributed by atoms with Gasteiger partial charge in [0.25, 0.3) is 0 Å². The second-order valence-corrected chi connectivity index (χ2v) is 8.04. The maximum absolute atomic E-state index is 12.4. The van der Waals surface area contributed by atoms with Gasteiger partial charge in [-0.15, -0.1) is 0 Å². The first-order chi connectivity index (χ1) is 10.5. The highest BCUT2D eigenvalue weighted by atomic mass is 32.2. The number of benzene rings is 1. The summed E-state index contributed by atoms with van der Waals surface area (Å²) < 4.78 is 24.8. The van der Waals surface area contributed by atoms with Crippen molar-refractivity contribution >= 4 is 9.84 Å². The summed E-state index contributed by atoms with van der Waals surface area (Å²) in [6.07, 6.45) is 1.97. The molecule has 1 aliphatic heterocycles. The second-order valence-electron chi connectivity index (χ2n) is 5.93. The molecule has 0 unspecified atom stereocenters. The van der Waals surface area contributed by atoms with Gasteiger partial charge in [-0.05, 0) is 43.9 Å². The molecule has 22 heavy (non-hydrogen) atoms. The number of nitriles is 1. The van der Waals surface area contributed by atoms with Crippen molar-refractivity contribution in [1.29, 1.82) is 5.26 Å². The quantitative estimate of drug-likeness (QED) is 0.887. The number of rotatable bonds is 5. The van der Waals surface area contributed by atoms with Crippen molar-refractivity contribution < 1.29 is 13.5 Å². The molecular weight excluding hydrogens is 300 g/mol. The monoisotopic (exact) mass is 322 g/mol. The first-order valence-electron chi connectivity index (χ1n) is 7.54. The molecule has 1 aromatic rings. The van der Waals surface area contributed by atoms with E-state index < -0.39 is 9.84 Å². The van der Waals surface area contributed by atoms with E-state index in [1.54, 1.807) is 12.1 Å². The Morgan fingerprint density at radius 3 is 2.86 bits per heavy atom. The van der Waals surface area contributed by atoms with Gasteiger partial charge in [0.1, 0.15) is 0 Å². The Labute approximate surface area is 132 Å². The molecule has 1 saturated heterocycles. The number of piperidine rings is 1. The summed E-state index contributed by atoms with van der Waals surface area (Å²) in [7, 11) is -3.40. The van der Waals surface area contributed by atoms with Crippen LogP contribution in [0.2, 0.25) is 0 Å². The van der Waals surface area contributed by atoms with Gasteiger partial charge in [-0.3, -0.25) is 4.90 Å². The summed E-state index contributed by atoms with van der Waals surface area (Å²) in [5.41, 5.74) is 0.354. The summed E-state index contributed by atoms with van der Waals surface area (Å²) in [5.74, 6) is 0.269. The summed E-state index contributed by atoms with van der Waals surface area (Å²) >= 11 is 0. The number of hydrogen-bond donors (Lipinski definition) is 1. The van der Waals surface area contributed by atoms with E-state index in [1.807, 2.05) is 6.07 Å². The third-order valence-electron chi connectivity index (χ3n) is 4.34. The lowest BCUT2D eigenvalue weighted by molar-refractivity contribution is 0.0879. The van der Waals surface area contributed by atoms with Crippen molar-refractivity contribution in [2.24, 2.45) is 5.92 Å². The zero-order valence-corrected chi connectivity index (χ0v) is 13.6. The number of sulfone groups is 1. The molecule has 1 N–H and O–H groups in total. The molecule has 0 saturated carbocycles. The van der Waals surface area contributed by atoms with Crippen LogP contribution in [0.5, 0.6) is 0 Å². The van der Waals surface area contributed by atoms with Gasteiger partial charge >= 0.3 is 0 Å². The van der Waals surface area contributed by atoms with Gasteiger partial charge < -0.3 is 5.11 Å². The number of aliphatic hydroxyl groups excluding tert-OH is 1. The number of nitrogens with zero attached hydrogens (tertiary/aromatic N) is 2. The predicted octanol–water partition coefficient (Wildman–Crippen LogP) is 1.42. The Bertz CT molecular complexity index is 652. The van der Waals surface area contributed by atoms with E-state index in [-0.39, 0.29) is 23.2 Å². The Kier molecular flexibility index (Phi) is 5.57. The van der Waals surface area contributed by atoms with Crippen LogP contribution in [0.3, 0.4) is 0 Å². The van der Waals surface area contributed by atoms with Gasteiger partial charge in [-0.1, -0.05) is 6.07 Å². The van der Waals surface area contributed by atoms with Crippen molar-refractivity contribution in [3.05, 3.63) is 29.8 Å². The summed E-state index contributed by atoms with van der Waals surface area (Å²) in [4.78, 5) is 2.34. The third kappa shape index (κ3) is 4.07. The average Bonchev–Trinajstić information content (AvgIpc) is 2.54. The minimum Gasteiger partial charge on any atom is -0.396 e. The van der Waals surface area contributed by atoms with Gasteiger partial charge in [0.05, 0.1) is 22.3 Å². The third-order valence-corrected chi connectivity index (χ3v) is 6.03. The average molecular weight is 322 g/mol. The fourth-order valence-corrected chi connectivity index (χ4v) is 4.14. The van der Waals surface area contributed by atoms with Gasteiger partial charge in [0.2, 0.25) is 0 Å². The first-order valence-corrected chi connectivity index (χ1v) is 9.19. The molecule has 5 nitrogen and oxygen atoms in total. The van der Waals surface area contributed by atoms with Gasteiger partial charge in [0, 0.05) is 25.7 Å². The lowest BCUT2D eigenvalue weighted by Crippen LogP contribution is -2.44. The van der Waals surface area contributed by atoms with Gasteiger partial charge in [-0.2, -0.15) is 5.26 Å². The normalized spacial score (nSPS) is 23.1. The summed E-state index contributed by atoms with van der Waals surface area (Å²) in [5, 5.41) is 18.2. The standard InChI is InChI=1S/C16H22N2O3S/c1-13-5-6-15(12-19)11-18(13)7-8-22(20,21)16-4-2-3-14(9-16)10-17/h2-4,9,13,15,19H,5-8,11-12H2,1H3/t13-,15-/m0/s1. The van der Waals surface area contributed by atoms with Crippen LogP contribution in [0, 0.1) is 17.2 Å². The van der Waals surface area contributed by atoms with Crippen molar-refractivity contribution in [3.63, 3.8) is 0 Å².